The Balaban J connectivity index is 1.59. The number of ether oxygens (including phenoxy) is 2. The summed E-state index contributed by atoms with van der Waals surface area (Å²) in [4.78, 5) is 13.0. The van der Waals surface area contributed by atoms with Crippen LogP contribution in [0, 0.1) is 0 Å². The van der Waals surface area contributed by atoms with Crippen molar-refractivity contribution < 1.29 is 19.4 Å². The highest BCUT2D eigenvalue weighted by atomic mass is 32.2. The van der Waals surface area contributed by atoms with Gasteiger partial charge in [-0.25, -0.2) is 4.79 Å². The molecule has 0 aliphatic carbocycles. The summed E-state index contributed by atoms with van der Waals surface area (Å²) in [6.45, 7) is 0.514. The van der Waals surface area contributed by atoms with Crippen molar-refractivity contribution in [2.24, 2.45) is 0 Å². The van der Waals surface area contributed by atoms with E-state index in [9.17, 15) is 9.90 Å². The van der Waals surface area contributed by atoms with Gasteiger partial charge in [0.05, 0.1) is 20.8 Å². The highest BCUT2D eigenvalue weighted by molar-refractivity contribution is 7.98. The van der Waals surface area contributed by atoms with Crippen molar-refractivity contribution in [1.29, 1.82) is 0 Å². The molecule has 0 unspecified atom stereocenters. The second kappa shape index (κ2) is 9.14. The summed E-state index contributed by atoms with van der Waals surface area (Å²) in [6, 6.07) is 21.0. The summed E-state index contributed by atoms with van der Waals surface area (Å²) in [5.41, 5.74) is 2.19. The topological polar surface area (TPSA) is 73.6 Å². The summed E-state index contributed by atoms with van der Waals surface area (Å²) in [7, 11) is 2.97. The van der Waals surface area contributed by atoms with Crippen LogP contribution in [0.4, 0.5) is 0 Å². The third kappa shape index (κ3) is 4.67. The van der Waals surface area contributed by atoms with E-state index in [1.807, 2.05) is 59.3 Å². The van der Waals surface area contributed by atoms with Crippen LogP contribution in [0.5, 0.6) is 11.5 Å². The highest BCUT2D eigenvalue weighted by Crippen LogP contribution is 2.33. The zero-order chi connectivity index (χ0) is 21.8. The van der Waals surface area contributed by atoms with Gasteiger partial charge in [-0.2, -0.15) is 5.10 Å². The van der Waals surface area contributed by atoms with Crippen LogP contribution in [0.15, 0.2) is 71.6 Å². The lowest BCUT2D eigenvalue weighted by Gasteiger charge is -2.09. The monoisotopic (exact) mass is 434 g/mol. The third-order valence-corrected chi connectivity index (χ3v) is 5.96. The minimum Gasteiger partial charge on any atom is -0.507 e. The predicted molar refractivity (Wildman–Crippen MR) is 121 cm³/mol. The molecular weight excluding hydrogens is 412 g/mol. The smallest absolute Gasteiger partial charge is 0.358 e. The Morgan fingerprint density at radius 3 is 2.58 bits per heavy atom. The number of benzene rings is 3. The molecule has 1 aromatic heterocycles. The fourth-order valence-corrected chi connectivity index (χ4v) is 4.27. The van der Waals surface area contributed by atoms with E-state index in [0.29, 0.717) is 12.3 Å². The number of phenolic OH excluding ortho intramolecular Hbond substituents is 1. The third-order valence-electron chi connectivity index (χ3n) is 4.95. The zero-order valence-corrected chi connectivity index (χ0v) is 18.1. The molecule has 0 fully saturated rings. The van der Waals surface area contributed by atoms with E-state index in [1.54, 1.807) is 31.0 Å². The first-order valence-corrected chi connectivity index (χ1v) is 10.7. The van der Waals surface area contributed by atoms with Gasteiger partial charge >= 0.3 is 5.97 Å². The Bertz CT molecular complexity index is 1220. The van der Waals surface area contributed by atoms with Gasteiger partial charge in [-0.05, 0) is 41.3 Å². The molecule has 0 spiro atoms. The number of thioether (sulfide) groups is 1. The molecular formula is C24H22N2O4S. The van der Waals surface area contributed by atoms with E-state index in [1.165, 1.54) is 7.11 Å². The molecule has 6 nitrogen and oxygen atoms in total. The highest BCUT2D eigenvalue weighted by Gasteiger charge is 2.16. The van der Waals surface area contributed by atoms with Crippen LogP contribution in [-0.2, 0) is 17.0 Å². The molecule has 0 bridgehead atoms. The number of fused-ring (bicyclic) bond motifs is 1. The van der Waals surface area contributed by atoms with E-state index in [4.69, 9.17) is 9.47 Å². The largest absolute Gasteiger partial charge is 0.507 e. The Morgan fingerprint density at radius 1 is 1.06 bits per heavy atom. The SMILES string of the molecule is COC(=O)c1cc(CSc2cc(O)c3ccccc3c2)n(Cc2ccc(OC)cc2)n1. The Labute approximate surface area is 184 Å². The fourth-order valence-electron chi connectivity index (χ4n) is 3.32. The molecule has 0 amide bonds. The first-order valence-electron chi connectivity index (χ1n) is 9.70. The molecule has 158 valence electrons. The average molecular weight is 435 g/mol. The lowest BCUT2D eigenvalue weighted by atomic mass is 10.1. The Kier molecular flexibility index (Phi) is 6.13. The normalized spacial score (nSPS) is 10.9. The lowest BCUT2D eigenvalue weighted by molar-refractivity contribution is 0.0593. The minimum atomic E-state index is -0.469. The van der Waals surface area contributed by atoms with Gasteiger partial charge in [0, 0.05) is 21.7 Å². The van der Waals surface area contributed by atoms with Crippen LogP contribution in [0.3, 0.4) is 0 Å². The van der Waals surface area contributed by atoms with Gasteiger partial charge in [-0.15, -0.1) is 11.8 Å². The van der Waals surface area contributed by atoms with Crippen molar-refractivity contribution in [3.05, 3.63) is 83.7 Å². The van der Waals surface area contributed by atoms with Gasteiger partial charge in [0.1, 0.15) is 11.5 Å². The molecule has 0 aliphatic rings. The molecule has 0 aliphatic heterocycles. The number of aromatic hydroxyl groups is 1. The second-order valence-electron chi connectivity index (χ2n) is 6.97. The number of methoxy groups -OCH3 is 2. The van der Waals surface area contributed by atoms with E-state index < -0.39 is 5.97 Å². The Morgan fingerprint density at radius 2 is 1.84 bits per heavy atom. The molecule has 0 saturated carbocycles. The molecule has 31 heavy (non-hydrogen) atoms. The molecule has 0 atom stereocenters. The summed E-state index contributed by atoms with van der Waals surface area (Å²) in [5.74, 6) is 1.15. The van der Waals surface area contributed by atoms with Crippen LogP contribution in [0.1, 0.15) is 21.7 Å². The molecule has 1 N–H and O–H groups in total. The van der Waals surface area contributed by atoms with Crippen molar-refractivity contribution in [3.63, 3.8) is 0 Å². The number of esters is 1. The molecule has 1 heterocycles. The number of carbonyl (C=O) groups excluding carboxylic acids is 1. The van der Waals surface area contributed by atoms with Crippen molar-refractivity contribution in [2.75, 3.05) is 14.2 Å². The van der Waals surface area contributed by atoms with E-state index in [-0.39, 0.29) is 11.4 Å². The molecule has 0 radical (unpaired) electrons. The van der Waals surface area contributed by atoms with E-state index >= 15 is 0 Å². The first kappa shape index (κ1) is 20.8. The number of carbonyl (C=O) groups is 1. The molecule has 7 heteroatoms. The van der Waals surface area contributed by atoms with Crippen LogP contribution in [0.2, 0.25) is 0 Å². The number of phenols is 1. The van der Waals surface area contributed by atoms with Crippen molar-refractivity contribution in [1.82, 2.24) is 9.78 Å². The van der Waals surface area contributed by atoms with Gasteiger partial charge in [-0.3, -0.25) is 4.68 Å². The summed E-state index contributed by atoms with van der Waals surface area (Å²) >= 11 is 1.57. The minimum absolute atomic E-state index is 0.252. The van der Waals surface area contributed by atoms with E-state index in [0.717, 1.165) is 32.7 Å². The van der Waals surface area contributed by atoms with Crippen LogP contribution in [0.25, 0.3) is 10.8 Å². The number of nitrogens with zero attached hydrogens (tertiary/aromatic N) is 2. The standard InChI is InChI=1S/C24H22N2O4S/c1-29-19-9-7-16(8-10-19)14-26-18(12-22(25-26)24(28)30-2)15-31-20-11-17-5-3-4-6-21(17)23(27)13-20/h3-13,27H,14-15H2,1-2H3. The lowest BCUT2D eigenvalue weighted by Crippen LogP contribution is -2.08. The second-order valence-corrected chi connectivity index (χ2v) is 8.02. The maximum atomic E-state index is 12.0. The molecule has 3 aromatic carbocycles. The predicted octanol–water partition coefficient (Wildman–Crippen LogP) is 4.88. The van der Waals surface area contributed by atoms with Crippen LogP contribution < -0.4 is 4.74 Å². The van der Waals surface area contributed by atoms with Crippen LogP contribution >= 0.6 is 11.8 Å². The summed E-state index contributed by atoms with van der Waals surface area (Å²) in [5, 5.41) is 16.6. The zero-order valence-electron chi connectivity index (χ0n) is 17.2. The number of rotatable bonds is 7. The summed E-state index contributed by atoms with van der Waals surface area (Å²) < 4.78 is 11.9. The maximum Gasteiger partial charge on any atom is 0.358 e. The number of hydrogen-bond donors (Lipinski definition) is 1. The van der Waals surface area contributed by atoms with Crippen molar-refractivity contribution >= 4 is 28.5 Å². The fraction of sp³-hybridized carbons (Fsp3) is 0.167. The van der Waals surface area contributed by atoms with Crippen LogP contribution in [-0.4, -0.2) is 35.1 Å². The van der Waals surface area contributed by atoms with E-state index in [2.05, 4.69) is 5.10 Å². The van der Waals surface area contributed by atoms with Crippen molar-refractivity contribution in [3.8, 4) is 11.5 Å². The maximum absolute atomic E-state index is 12.0. The Hall–Kier alpha value is -3.45. The van der Waals surface area contributed by atoms with Gasteiger partial charge < -0.3 is 14.6 Å². The van der Waals surface area contributed by atoms with Gasteiger partial charge in [0.25, 0.3) is 0 Å². The average Bonchev–Trinajstić information content (AvgIpc) is 3.20. The molecule has 4 aromatic rings. The quantitative estimate of drug-likeness (QED) is 0.330. The van der Waals surface area contributed by atoms with Gasteiger partial charge in [0.2, 0.25) is 0 Å². The molecule has 4 rings (SSSR count). The van der Waals surface area contributed by atoms with Gasteiger partial charge in [0.15, 0.2) is 5.69 Å². The number of hydrogen-bond acceptors (Lipinski definition) is 6. The molecule has 0 saturated heterocycles. The number of aromatic nitrogens is 2. The summed E-state index contributed by atoms with van der Waals surface area (Å²) in [6.07, 6.45) is 0. The van der Waals surface area contributed by atoms with Crippen molar-refractivity contribution in [2.45, 2.75) is 17.2 Å². The van der Waals surface area contributed by atoms with Gasteiger partial charge in [-0.1, -0.05) is 36.4 Å². The first-order chi connectivity index (χ1) is 15.1.